The molecule has 2 aromatic heterocycles. The Kier molecular flexibility index (Phi) is 7.77. The van der Waals surface area contributed by atoms with Crippen molar-refractivity contribution in [3.63, 3.8) is 0 Å². The number of anilines is 1. The fraction of sp³-hybridized carbons (Fsp3) is 0.318. The molecule has 0 unspecified atom stereocenters. The maximum atomic E-state index is 13.3. The molecule has 2 heterocycles. The van der Waals surface area contributed by atoms with E-state index < -0.39 is 5.97 Å². The summed E-state index contributed by atoms with van der Waals surface area (Å²) < 4.78 is 4.96. The molecule has 3 rings (SSSR count). The van der Waals surface area contributed by atoms with E-state index in [-0.39, 0.29) is 11.9 Å². The Morgan fingerprint density at radius 1 is 1.19 bits per heavy atom. The number of ether oxygens (including phenoxy) is 1. The molecule has 3 aromatic rings. The van der Waals surface area contributed by atoms with Gasteiger partial charge in [-0.1, -0.05) is 18.5 Å². The molecular formula is C22H25ClN6O3. The molecule has 10 heteroatoms. The topological polar surface area (TPSA) is 102 Å². The fourth-order valence-corrected chi connectivity index (χ4v) is 3.33. The minimum absolute atomic E-state index is 0.119. The van der Waals surface area contributed by atoms with E-state index >= 15 is 0 Å². The lowest BCUT2D eigenvalue weighted by Gasteiger charge is -2.28. The molecule has 168 valence electrons. The monoisotopic (exact) mass is 456 g/mol. The number of halogens is 1. The van der Waals surface area contributed by atoms with Crippen LogP contribution in [0.1, 0.15) is 41.0 Å². The minimum atomic E-state index is -0.410. The van der Waals surface area contributed by atoms with Crippen LogP contribution in [0.5, 0.6) is 0 Å². The van der Waals surface area contributed by atoms with Crippen LogP contribution in [0.3, 0.4) is 0 Å². The van der Waals surface area contributed by atoms with E-state index in [9.17, 15) is 9.59 Å². The van der Waals surface area contributed by atoms with Gasteiger partial charge in [-0.15, -0.1) is 0 Å². The second-order valence-electron chi connectivity index (χ2n) is 6.99. The van der Waals surface area contributed by atoms with Gasteiger partial charge in [-0.25, -0.2) is 9.78 Å². The summed E-state index contributed by atoms with van der Waals surface area (Å²) in [4.78, 5) is 32.4. The van der Waals surface area contributed by atoms with Crippen LogP contribution in [0.2, 0.25) is 5.02 Å². The molecule has 0 aliphatic carbocycles. The third-order valence-electron chi connectivity index (χ3n) is 4.96. The van der Waals surface area contributed by atoms with Crippen LogP contribution in [0, 0.1) is 0 Å². The summed E-state index contributed by atoms with van der Waals surface area (Å²) in [6.45, 7) is 4.53. The summed E-state index contributed by atoms with van der Waals surface area (Å²) >= 11 is 6.16. The van der Waals surface area contributed by atoms with Gasteiger partial charge in [0, 0.05) is 30.9 Å². The molecule has 1 amide bonds. The Morgan fingerprint density at radius 2 is 1.94 bits per heavy atom. The number of rotatable bonds is 9. The van der Waals surface area contributed by atoms with E-state index in [1.807, 2.05) is 6.92 Å². The number of hydrogen-bond donors (Lipinski definition) is 1. The van der Waals surface area contributed by atoms with Crippen LogP contribution >= 0.6 is 11.6 Å². The summed E-state index contributed by atoms with van der Waals surface area (Å²) in [5, 5.41) is 11.9. The minimum Gasteiger partial charge on any atom is -0.462 e. The van der Waals surface area contributed by atoms with E-state index in [4.69, 9.17) is 16.3 Å². The molecule has 0 saturated heterocycles. The van der Waals surface area contributed by atoms with E-state index in [2.05, 4.69) is 20.5 Å². The molecule has 1 N–H and O–H groups in total. The summed E-state index contributed by atoms with van der Waals surface area (Å²) in [5.41, 5.74) is 1.35. The maximum Gasteiger partial charge on any atom is 0.339 e. The quantitative estimate of drug-likeness (QED) is 0.492. The van der Waals surface area contributed by atoms with E-state index in [1.54, 1.807) is 61.6 Å². The normalized spacial score (nSPS) is 11.6. The van der Waals surface area contributed by atoms with Gasteiger partial charge in [0.2, 0.25) is 0 Å². The highest BCUT2D eigenvalue weighted by molar-refractivity contribution is 6.31. The van der Waals surface area contributed by atoms with Gasteiger partial charge in [-0.05, 0) is 43.7 Å². The molecule has 32 heavy (non-hydrogen) atoms. The first-order valence-corrected chi connectivity index (χ1v) is 10.6. The van der Waals surface area contributed by atoms with Gasteiger partial charge in [-0.2, -0.15) is 15.0 Å². The van der Waals surface area contributed by atoms with Crippen molar-refractivity contribution in [1.82, 2.24) is 24.9 Å². The van der Waals surface area contributed by atoms with Crippen molar-refractivity contribution >= 4 is 29.3 Å². The molecule has 9 nitrogen and oxygen atoms in total. The predicted octanol–water partition coefficient (Wildman–Crippen LogP) is 3.46. The van der Waals surface area contributed by atoms with Gasteiger partial charge in [0.1, 0.15) is 5.82 Å². The van der Waals surface area contributed by atoms with Crippen LogP contribution in [-0.2, 0) is 4.74 Å². The number of nitrogens with zero attached hydrogens (tertiary/aromatic N) is 5. The Labute approximate surface area is 191 Å². The average molecular weight is 457 g/mol. The number of pyridine rings is 1. The third-order valence-corrected chi connectivity index (χ3v) is 5.19. The molecule has 0 radical (unpaired) electrons. The smallest absolute Gasteiger partial charge is 0.339 e. The number of carbonyl (C=O) groups excluding carboxylic acids is 2. The SMILES string of the molecule is CCOC(=O)c1ccc(NC[C@H](CC)N(C)C(=O)c2cc(Cl)ccc2-n2nccn2)nc1. The first-order valence-electron chi connectivity index (χ1n) is 10.2. The first-order chi connectivity index (χ1) is 15.4. The number of likely N-dealkylation sites (N-methyl/N-ethyl adjacent to an activating group) is 1. The van der Waals surface area contributed by atoms with Crippen molar-refractivity contribution in [2.45, 2.75) is 26.3 Å². The third kappa shape index (κ3) is 5.42. The largest absolute Gasteiger partial charge is 0.462 e. The summed E-state index contributed by atoms with van der Waals surface area (Å²) in [7, 11) is 1.75. The number of amides is 1. The lowest BCUT2D eigenvalue weighted by Crippen LogP contribution is -2.41. The molecule has 1 atom stereocenters. The standard InChI is InChI=1S/C22H25ClN6O3/c1-4-17(14-25-20-9-6-15(13-24-20)22(31)32-5-2)28(3)21(30)18-12-16(23)7-8-19(18)29-26-10-11-27-29/h6-13,17H,4-5,14H2,1-3H3,(H,24,25)/t17-/m0/s1. The second kappa shape index (κ2) is 10.7. The molecule has 1 aromatic carbocycles. The number of aromatic nitrogens is 4. The highest BCUT2D eigenvalue weighted by Crippen LogP contribution is 2.21. The molecule has 0 fully saturated rings. The van der Waals surface area contributed by atoms with Crippen LogP contribution in [0.15, 0.2) is 48.9 Å². The zero-order chi connectivity index (χ0) is 23.1. The van der Waals surface area contributed by atoms with Crippen molar-refractivity contribution in [1.29, 1.82) is 0 Å². The molecule has 0 aliphatic rings. The first kappa shape index (κ1) is 23.2. The van der Waals surface area contributed by atoms with Gasteiger partial charge in [-0.3, -0.25) is 4.79 Å². The number of benzene rings is 1. The Bertz CT molecular complexity index is 1060. The molecule has 0 saturated carbocycles. The number of hydrogen-bond acceptors (Lipinski definition) is 7. The Morgan fingerprint density at radius 3 is 2.56 bits per heavy atom. The lowest BCUT2D eigenvalue weighted by atomic mass is 10.1. The highest BCUT2D eigenvalue weighted by Gasteiger charge is 2.23. The lowest BCUT2D eigenvalue weighted by molar-refractivity contribution is 0.0525. The zero-order valence-corrected chi connectivity index (χ0v) is 18.9. The van der Waals surface area contributed by atoms with Crippen molar-refractivity contribution in [3.05, 3.63) is 65.1 Å². The Balaban J connectivity index is 1.71. The number of esters is 1. The average Bonchev–Trinajstić information content (AvgIpc) is 3.34. The van der Waals surface area contributed by atoms with Crippen LogP contribution in [-0.4, -0.2) is 63.0 Å². The van der Waals surface area contributed by atoms with Gasteiger partial charge < -0.3 is 15.0 Å². The van der Waals surface area contributed by atoms with Gasteiger partial charge in [0.15, 0.2) is 0 Å². The van der Waals surface area contributed by atoms with Crippen molar-refractivity contribution in [2.24, 2.45) is 0 Å². The Hall–Kier alpha value is -3.46. The van der Waals surface area contributed by atoms with Crippen molar-refractivity contribution in [2.75, 3.05) is 25.5 Å². The van der Waals surface area contributed by atoms with E-state index in [0.29, 0.717) is 47.2 Å². The van der Waals surface area contributed by atoms with Gasteiger partial charge in [0.05, 0.1) is 35.8 Å². The maximum absolute atomic E-state index is 13.3. The van der Waals surface area contributed by atoms with E-state index in [0.717, 1.165) is 0 Å². The fourth-order valence-electron chi connectivity index (χ4n) is 3.16. The summed E-state index contributed by atoms with van der Waals surface area (Å²) in [5.74, 6) is -0.00656. The highest BCUT2D eigenvalue weighted by atomic mass is 35.5. The number of nitrogens with one attached hydrogen (secondary N) is 1. The molecule has 0 bridgehead atoms. The van der Waals surface area contributed by atoms with Crippen LogP contribution in [0.25, 0.3) is 5.69 Å². The zero-order valence-electron chi connectivity index (χ0n) is 18.2. The van der Waals surface area contributed by atoms with Crippen molar-refractivity contribution in [3.8, 4) is 5.69 Å². The summed E-state index contributed by atoms with van der Waals surface area (Å²) in [6.07, 6.45) is 5.27. The second-order valence-corrected chi connectivity index (χ2v) is 7.43. The predicted molar refractivity (Wildman–Crippen MR) is 121 cm³/mol. The molecule has 0 spiro atoms. The van der Waals surface area contributed by atoms with E-state index in [1.165, 1.54) is 11.0 Å². The van der Waals surface area contributed by atoms with Gasteiger partial charge >= 0.3 is 5.97 Å². The van der Waals surface area contributed by atoms with Crippen LogP contribution < -0.4 is 5.32 Å². The molecule has 0 aliphatic heterocycles. The summed E-state index contributed by atoms with van der Waals surface area (Å²) in [6, 6.07) is 8.28. The van der Waals surface area contributed by atoms with Gasteiger partial charge in [0.25, 0.3) is 5.91 Å². The van der Waals surface area contributed by atoms with Crippen LogP contribution in [0.4, 0.5) is 5.82 Å². The number of carbonyl (C=O) groups is 2. The van der Waals surface area contributed by atoms with Crippen molar-refractivity contribution < 1.29 is 14.3 Å². The molecular weight excluding hydrogens is 432 g/mol.